The molecular weight excluding hydrogens is 338 g/mol. The summed E-state index contributed by atoms with van der Waals surface area (Å²) in [5.41, 5.74) is 5.84. The van der Waals surface area contributed by atoms with Gasteiger partial charge in [-0.15, -0.1) is 0 Å². The molecule has 3 rings (SSSR count). The van der Waals surface area contributed by atoms with Gasteiger partial charge >= 0.3 is 0 Å². The van der Waals surface area contributed by atoms with Crippen molar-refractivity contribution in [3.05, 3.63) is 53.1 Å². The van der Waals surface area contributed by atoms with Crippen LogP contribution in [0.5, 0.6) is 0 Å². The van der Waals surface area contributed by atoms with Crippen LogP contribution in [0.15, 0.2) is 36.4 Å². The third-order valence-electron chi connectivity index (χ3n) is 4.99. The van der Waals surface area contributed by atoms with Crippen LogP contribution in [-0.2, 0) is 9.59 Å². The lowest BCUT2D eigenvalue weighted by Gasteiger charge is -2.21. The van der Waals surface area contributed by atoms with E-state index in [0.717, 1.165) is 46.7 Å². The van der Waals surface area contributed by atoms with Crippen molar-refractivity contribution in [3.63, 3.8) is 0 Å². The fourth-order valence-electron chi connectivity index (χ4n) is 3.38. The summed E-state index contributed by atoms with van der Waals surface area (Å²) in [6.45, 7) is 8.60. The molecule has 1 aliphatic rings. The molecule has 0 unspecified atom stereocenters. The van der Waals surface area contributed by atoms with Gasteiger partial charge in [-0.25, -0.2) is 0 Å². The van der Waals surface area contributed by atoms with Crippen molar-refractivity contribution in [2.75, 3.05) is 22.1 Å². The van der Waals surface area contributed by atoms with Gasteiger partial charge in [0.1, 0.15) is 6.04 Å². The highest BCUT2D eigenvalue weighted by atomic mass is 16.2. The summed E-state index contributed by atoms with van der Waals surface area (Å²) in [6, 6.07) is 11.5. The fourth-order valence-corrected chi connectivity index (χ4v) is 3.38. The molecule has 0 radical (unpaired) electrons. The molecular formula is C22H27N3O2. The Bertz CT molecular complexity index is 876. The summed E-state index contributed by atoms with van der Waals surface area (Å²) in [6.07, 6.45) is 1.53. The summed E-state index contributed by atoms with van der Waals surface area (Å²) < 4.78 is 0. The van der Waals surface area contributed by atoms with E-state index in [9.17, 15) is 9.59 Å². The lowest BCUT2D eigenvalue weighted by atomic mass is 10.1. The molecule has 5 heteroatoms. The van der Waals surface area contributed by atoms with Gasteiger partial charge < -0.3 is 15.5 Å². The van der Waals surface area contributed by atoms with Crippen molar-refractivity contribution in [3.8, 4) is 0 Å². The Kier molecular flexibility index (Phi) is 5.49. The largest absolute Gasteiger partial charge is 0.374 e. The van der Waals surface area contributed by atoms with E-state index in [-0.39, 0.29) is 17.9 Å². The second kappa shape index (κ2) is 7.82. The second-order valence-corrected chi connectivity index (χ2v) is 7.32. The Morgan fingerprint density at radius 1 is 1.07 bits per heavy atom. The highest BCUT2D eigenvalue weighted by Gasteiger charge is 2.23. The predicted octanol–water partition coefficient (Wildman–Crippen LogP) is 4.18. The summed E-state index contributed by atoms with van der Waals surface area (Å²) in [4.78, 5) is 26.4. The predicted molar refractivity (Wildman–Crippen MR) is 110 cm³/mol. The van der Waals surface area contributed by atoms with E-state index >= 15 is 0 Å². The van der Waals surface area contributed by atoms with Crippen molar-refractivity contribution in [1.82, 2.24) is 0 Å². The van der Waals surface area contributed by atoms with Crippen LogP contribution < -0.4 is 15.5 Å². The Morgan fingerprint density at radius 3 is 2.52 bits per heavy atom. The molecule has 2 aromatic carbocycles. The zero-order valence-electron chi connectivity index (χ0n) is 16.4. The molecule has 142 valence electrons. The number of hydrogen-bond acceptors (Lipinski definition) is 3. The van der Waals surface area contributed by atoms with E-state index in [1.807, 2.05) is 69.0 Å². The maximum absolute atomic E-state index is 12.6. The first-order chi connectivity index (χ1) is 12.8. The molecule has 27 heavy (non-hydrogen) atoms. The zero-order valence-corrected chi connectivity index (χ0v) is 16.4. The molecule has 0 saturated carbocycles. The lowest BCUT2D eigenvalue weighted by Crippen LogP contribution is -2.32. The third-order valence-corrected chi connectivity index (χ3v) is 4.99. The molecule has 1 fully saturated rings. The van der Waals surface area contributed by atoms with E-state index in [1.54, 1.807) is 0 Å². The number of rotatable bonds is 5. The number of amides is 2. The summed E-state index contributed by atoms with van der Waals surface area (Å²) in [5.74, 6) is 0.0974. The number of aryl methyl sites for hydroxylation is 3. The van der Waals surface area contributed by atoms with Crippen LogP contribution in [0.4, 0.5) is 17.1 Å². The first-order valence-electron chi connectivity index (χ1n) is 9.41. The zero-order chi connectivity index (χ0) is 19.6. The minimum atomic E-state index is -0.386. The van der Waals surface area contributed by atoms with Gasteiger partial charge in [0.15, 0.2) is 0 Å². The van der Waals surface area contributed by atoms with Gasteiger partial charge in [-0.05, 0) is 75.1 Å². The molecule has 1 atom stereocenters. The van der Waals surface area contributed by atoms with Gasteiger partial charge in [-0.2, -0.15) is 0 Å². The van der Waals surface area contributed by atoms with Crippen LogP contribution in [-0.4, -0.2) is 24.4 Å². The standard InChI is InChI=1S/C22H27N3O2/c1-14-7-8-15(2)19(12-14)24-22(27)17(4)23-18-9-10-20(16(3)13-18)25-11-5-6-21(25)26/h7-10,12-13,17,23H,5-6,11H2,1-4H3,(H,24,27)/t17-/m0/s1. The molecule has 0 bridgehead atoms. The summed E-state index contributed by atoms with van der Waals surface area (Å²) in [5, 5.41) is 6.24. The number of carbonyl (C=O) groups excluding carboxylic acids is 2. The second-order valence-electron chi connectivity index (χ2n) is 7.32. The van der Waals surface area contributed by atoms with E-state index < -0.39 is 0 Å². The number of carbonyl (C=O) groups is 2. The number of hydrogen-bond donors (Lipinski definition) is 2. The number of anilines is 3. The van der Waals surface area contributed by atoms with Crippen molar-refractivity contribution in [2.24, 2.45) is 0 Å². The molecule has 0 aliphatic carbocycles. The molecule has 0 spiro atoms. The molecule has 1 heterocycles. The van der Waals surface area contributed by atoms with Gasteiger partial charge in [0.05, 0.1) is 0 Å². The van der Waals surface area contributed by atoms with Gasteiger partial charge in [0.25, 0.3) is 0 Å². The van der Waals surface area contributed by atoms with Crippen LogP contribution in [0.2, 0.25) is 0 Å². The maximum Gasteiger partial charge on any atom is 0.246 e. The van der Waals surface area contributed by atoms with Gasteiger partial charge in [-0.3, -0.25) is 9.59 Å². The number of nitrogens with one attached hydrogen (secondary N) is 2. The van der Waals surface area contributed by atoms with Crippen molar-refractivity contribution >= 4 is 28.9 Å². The Hall–Kier alpha value is -2.82. The molecule has 1 aliphatic heterocycles. The van der Waals surface area contributed by atoms with Crippen LogP contribution in [0, 0.1) is 20.8 Å². The molecule has 5 nitrogen and oxygen atoms in total. The van der Waals surface area contributed by atoms with Crippen LogP contribution in [0.1, 0.15) is 36.5 Å². The Labute approximate surface area is 160 Å². The smallest absolute Gasteiger partial charge is 0.246 e. The molecule has 2 N–H and O–H groups in total. The normalized spacial score (nSPS) is 15.0. The minimum absolute atomic E-state index is 0.0832. The van der Waals surface area contributed by atoms with E-state index in [2.05, 4.69) is 10.6 Å². The number of benzene rings is 2. The van der Waals surface area contributed by atoms with Crippen molar-refractivity contribution < 1.29 is 9.59 Å². The first kappa shape index (κ1) is 19.0. The summed E-state index contributed by atoms with van der Waals surface area (Å²) in [7, 11) is 0. The van der Waals surface area contributed by atoms with Crippen LogP contribution in [0.25, 0.3) is 0 Å². The van der Waals surface area contributed by atoms with E-state index in [1.165, 1.54) is 0 Å². The topological polar surface area (TPSA) is 61.4 Å². The minimum Gasteiger partial charge on any atom is -0.374 e. The summed E-state index contributed by atoms with van der Waals surface area (Å²) >= 11 is 0. The Balaban J connectivity index is 1.67. The average Bonchev–Trinajstić information content (AvgIpc) is 3.04. The van der Waals surface area contributed by atoms with E-state index in [0.29, 0.717) is 6.42 Å². The quantitative estimate of drug-likeness (QED) is 0.836. The van der Waals surface area contributed by atoms with Crippen LogP contribution >= 0.6 is 0 Å². The monoisotopic (exact) mass is 365 g/mol. The highest BCUT2D eigenvalue weighted by molar-refractivity contribution is 5.98. The molecule has 2 aromatic rings. The van der Waals surface area contributed by atoms with Crippen molar-refractivity contribution in [2.45, 2.75) is 46.6 Å². The number of nitrogens with zero attached hydrogens (tertiary/aromatic N) is 1. The SMILES string of the molecule is Cc1ccc(C)c(NC(=O)[C@H](C)Nc2ccc(N3CCCC3=O)c(C)c2)c1. The van der Waals surface area contributed by atoms with E-state index in [4.69, 9.17) is 0 Å². The highest BCUT2D eigenvalue weighted by Crippen LogP contribution is 2.27. The third kappa shape index (κ3) is 4.30. The van der Waals surface area contributed by atoms with Gasteiger partial charge in [-0.1, -0.05) is 12.1 Å². The molecule has 1 saturated heterocycles. The average molecular weight is 365 g/mol. The fraction of sp³-hybridized carbons (Fsp3) is 0.364. The van der Waals surface area contributed by atoms with Gasteiger partial charge in [0.2, 0.25) is 11.8 Å². The van der Waals surface area contributed by atoms with Crippen LogP contribution in [0.3, 0.4) is 0 Å². The van der Waals surface area contributed by atoms with Gasteiger partial charge in [0, 0.05) is 30.0 Å². The van der Waals surface area contributed by atoms with Crippen molar-refractivity contribution in [1.29, 1.82) is 0 Å². The maximum atomic E-state index is 12.6. The Morgan fingerprint density at radius 2 is 1.85 bits per heavy atom. The first-order valence-corrected chi connectivity index (χ1v) is 9.41. The molecule has 2 amide bonds. The molecule has 0 aromatic heterocycles. The lowest BCUT2D eigenvalue weighted by molar-refractivity contribution is -0.117.